The lowest BCUT2D eigenvalue weighted by Crippen LogP contribution is -2.28. The molecule has 0 bridgehead atoms. The molecule has 1 aliphatic heterocycles. The lowest BCUT2D eigenvalue weighted by molar-refractivity contribution is 0.382. The summed E-state index contributed by atoms with van der Waals surface area (Å²) in [5.41, 5.74) is 0. The van der Waals surface area contributed by atoms with E-state index in [1.807, 2.05) is 0 Å². The number of piperidine rings is 1. The van der Waals surface area contributed by atoms with Gasteiger partial charge in [0.05, 0.1) is 0 Å². The van der Waals surface area contributed by atoms with Crippen LogP contribution in [0.2, 0.25) is 0 Å². The van der Waals surface area contributed by atoms with Crippen molar-refractivity contribution in [1.29, 1.82) is 0 Å². The Hall–Kier alpha value is -0.0400. The van der Waals surface area contributed by atoms with Crippen LogP contribution in [0.4, 0.5) is 0 Å². The standard InChI is InChI=1S/C10H20N/c1-3-9(2)8-10-4-6-11-7-5-10/h8-11H,3-7H2,1-2H3. The van der Waals surface area contributed by atoms with Crippen molar-refractivity contribution in [3.8, 4) is 0 Å². The summed E-state index contributed by atoms with van der Waals surface area (Å²) in [6.07, 6.45) is 6.54. The first-order valence-electron chi connectivity index (χ1n) is 4.88. The number of nitrogens with one attached hydrogen (secondary N) is 1. The molecule has 1 atom stereocenters. The molecule has 1 rings (SSSR count). The molecule has 0 amide bonds. The maximum Gasteiger partial charge on any atom is -0.00462 e. The maximum absolute atomic E-state index is 3.39. The van der Waals surface area contributed by atoms with E-state index in [2.05, 4.69) is 25.6 Å². The van der Waals surface area contributed by atoms with Gasteiger partial charge in [0.2, 0.25) is 0 Å². The molecule has 0 spiro atoms. The summed E-state index contributed by atoms with van der Waals surface area (Å²) in [6, 6.07) is 0. The predicted octanol–water partition coefficient (Wildman–Crippen LogP) is 2.24. The normalized spacial score (nSPS) is 23.5. The van der Waals surface area contributed by atoms with Crippen LogP contribution >= 0.6 is 0 Å². The zero-order valence-electron chi connectivity index (χ0n) is 7.77. The zero-order valence-corrected chi connectivity index (χ0v) is 7.77. The van der Waals surface area contributed by atoms with E-state index in [1.165, 1.54) is 32.4 Å². The second-order valence-corrected chi connectivity index (χ2v) is 3.67. The quantitative estimate of drug-likeness (QED) is 0.657. The predicted molar refractivity (Wildman–Crippen MR) is 49.3 cm³/mol. The molecule has 0 aromatic carbocycles. The molecular weight excluding hydrogens is 134 g/mol. The Kier molecular flexibility index (Phi) is 3.92. The Morgan fingerprint density at radius 3 is 2.64 bits per heavy atom. The topological polar surface area (TPSA) is 12.0 Å². The van der Waals surface area contributed by atoms with Crippen LogP contribution in [0.1, 0.15) is 33.1 Å². The van der Waals surface area contributed by atoms with Crippen molar-refractivity contribution in [3.63, 3.8) is 0 Å². The van der Waals surface area contributed by atoms with Crippen LogP contribution in [0.15, 0.2) is 0 Å². The van der Waals surface area contributed by atoms with Crippen LogP contribution in [-0.4, -0.2) is 13.1 Å². The zero-order chi connectivity index (χ0) is 8.10. The van der Waals surface area contributed by atoms with Gasteiger partial charge >= 0.3 is 0 Å². The molecule has 1 aliphatic rings. The fourth-order valence-electron chi connectivity index (χ4n) is 1.64. The highest BCUT2D eigenvalue weighted by molar-refractivity contribution is 4.83. The molecule has 1 heteroatoms. The summed E-state index contributed by atoms with van der Waals surface area (Å²) in [6.45, 7) is 7.03. The van der Waals surface area contributed by atoms with Crippen LogP contribution in [0.3, 0.4) is 0 Å². The van der Waals surface area contributed by atoms with Gasteiger partial charge in [0.25, 0.3) is 0 Å². The van der Waals surface area contributed by atoms with Gasteiger partial charge in [-0.1, -0.05) is 20.3 Å². The number of hydrogen-bond acceptors (Lipinski definition) is 1. The average Bonchev–Trinajstić information content (AvgIpc) is 2.06. The lowest BCUT2D eigenvalue weighted by Gasteiger charge is -2.24. The Morgan fingerprint density at radius 1 is 1.45 bits per heavy atom. The Balaban J connectivity index is 2.13. The number of rotatable bonds is 3. The van der Waals surface area contributed by atoms with E-state index in [0.29, 0.717) is 0 Å². The Bertz CT molecular complexity index is 95.0. The van der Waals surface area contributed by atoms with Gasteiger partial charge in [0, 0.05) is 0 Å². The molecule has 0 saturated carbocycles. The fraction of sp³-hybridized carbons (Fsp3) is 0.900. The first kappa shape index (κ1) is 9.05. The van der Waals surface area contributed by atoms with Crippen molar-refractivity contribution in [2.75, 3.05) is 13.1 Å². The van der Waals surface area contributed by atoms with Crippen LogP contribution in [0.25, 0.3) is 0 Å². The molecular formula is C10H20N. The van der Waals surface area contributed by atoms with Crippen LogP contribution < -0.4 is 5.32 Å². The van der Waals surface area contributed by atoms with Gasteiger partial charge in [-0.15, -0.1) is 0 Å². The van der Waals surface area contributed by atoms with Gasteiger partial charge in [-0.25, -0.2) is 0 Å². The monoisotopic (exact) mass is 154 g/mol. The third kappa shape index (κ3) is 3.24. The smallest absolute Gasteiger partial charge is 0.00462 e. The molecule has 1 saturated heterocycles. The van der Waals surface area contributed by atoms with E-state index >= 15 is 0 Å². The molecule has 0 aromatic heterocycles. The summed E-state index contributed by atoms with van der Waals surface area (Å²) in [5, 5.41) is 3.39. The van der Waals surface area contributed by atoms with E-state index in [1.54, 1.807) is 0 Å². The molecule has 1 nitrogen and oxygen atoms in total. The summed E-state index contributed by atoms with van der Waals surface area (Å²) in [7, 11) is 0. The van der Waals surface area contributed by atoms with E-state index in [0.717, 1.165) is 11.8 Å². The molecule has 0 aromatic rings. The van der Waals surface area contributed by atoms with Gasteiger partial charge in [0.1, 0.15) is 0 Å². The molecule has 11 heavy (non-hydrogen) atoms. The minimum atomic E-state index is 0.818. The fourth-order valence-corrected chi connectivity index (χ4v) is 1.64. The first-order chi connectivity index (χ1) is 5.33. The highest BCUT2D eigenvalue weighted by Gasteiger charge is 2.14. The third-order valence-corrected chi connectivity index (χ3v) is 2.63. The van der Waals surface area contributed by atoms with Crippen LogP contribution in [-0.2, 0) is 0 Å². The maximum atomic E-state index is 3.39. The van der Waals surface area contributed by atoms with Crippen molar-refractivity contribution in [2.24, 2.45) is 11.8 Å². The first-order valence-corrected chi connectivity index (χ1v) is 4.88. The van der Waals surface area contributed by atoms with Crippen molar-refractivity contribution in [2.45, 2.75) is 33.1 Å². The summed E-state index contributed by atoms with van der Waals surface area (Å²) >= 11 is 0. The number of hydrogen-bond donors (Lipinski definition) is 1. The van der Waals surface area contributed by atoms with Gasteiger partial charge in [-0.3, -0.25) is 0 Å². The highest BCUT2D eigenvalue weighted by atomic mass is 14.9. The largest absolute Gasteiger partial charge is 0.317 e. The molecule has 1 fully saturated rings. The van der Waals surface area contributed by atoms with Crippen LogP contribution in [0.5, 0.6) is 0 Å². The second-order valence-electron chi connectivity index (χ2n) is 3.67. The molecule has 1 heterocycles. The van der Waals surface area contributed by atoms with Crippen molar-refractivity contribution >= 4 is 0 Å². The lowest BCUT2D eigenvalue weighted by atomic mass is 9.88. The summed E-state index contributed by atoms with van der Waals surface area (Å²) in [5.74, 6) is 1.71. The molecule has 0 aliphatic carbocycles. The SMILES string of the molecule is CCC(C)[CH]C1CCNCC1. The molecule has 65 valence electrons. The van der Waals surface area contributed by atoms with Gasteiger partial charge < -0.3 is 5.32 Å². The van der Waals surface area contributed by atoms with E-state index in [4.69, 9.17) is 0 Å². The van der Waals surface area contributed by atoms with Crippen molar-refractivity contribution in [1.82, 2.24) is 5.32 Å². The van der Waals surface area contributed by atoms with Gasteiger partial charge in [-0.05, 0) is 44.2 Å². The molecule has 1 radical (unpaired) electrons. The average molecular weight is 154 g/mol. The minimum Gasteiger partial charge on any atom is -0.317 e. The van der Waals surface area contributed by atoms with E-state index < -0.39 is 0 Å². The Morgan fingerprint density at radius 2 is 2.09 bits per heavy atom. The highest BCUT2D eigenvalue weighted by Crippen LogP contribution is 2.21. The Labute approximate surface area is 70.6 Å². The summed E-state index contributed by atoms with van der Waals surface area (Å²) in [4.78, 5) is 0. The second kappa shape index (κ2) is 4.76. The van der Waals surface area contributed by atoms with Crippen molar-refractivity contribution in [3.05, 3.63) is 6.42 Å². The van der Waals surface area contributed by atoms with E-state index in [-0.39, 0.29) is 0 Å². The van der Waals surface area contributed by atoms with E-state index in [9.17, 15) is 0 Å². The summed E-state index contributed by atoms with van der Waals surface area (Å²) < 4.78 is 0. The van der Waals surface area contributed by atoms with Crippen LogP contribution in [0, 0.1) is 18.3 Å². The molecule has 1 unspecified atom stereocenters. The minimum absolute atomic E-state index is 0.818. The van der Waals surface area contributed by atoms with Gasteiger partial charge in [-0.2, -0.15) is 0 Å². The van der Waals surface area contributed by atoms with Crippen molar-refractivity contribution < 1.29 is 0 Å². The molecule has 1 N–H and O–H groups in total. The third-order valence-electron chi connectivity index (χ3n) is 2.63. The van der Waals surface area contributed by atoms with Gasteiger partial charge in [0.15, 0.2) is 0 Å².